The van der Waals surface area contributed by atoms with Gasteiger partial charge in [0.2, 0.25) is 5.89 Å². The molecule has 0 atom stereocenters. The number of benzene rings is 1. The highest BCUT2D eigenvalue weighted by Crippen LogP contribution is 2.31. The Hall–Kier alpha value is -2.77. The molecule has 1 aromatic carbocycles. The van der Waals surface area contributed by atoms with Gasteiger partial charge in [-0.15, -0.1) is 0 Å². The predicted molar refractivity (Wildman–Crippen MR) is 107 cm³/mol. The van der Waals surface area contributed by atoms with E-state index in [0.717, 1.165) is 29.6 Å². The average Bonchev–Trinajstić information content (AvgIpc) is 3.14. The lowest BCUT2D eigenvalue weighted by molar-refractivity contribution is 0.171. The van der Waals surface area contributed by atoms with E-state index in [-0.39, 0.29) is 5.41 Å². The van der Waals surface area contributed by atoms with Crippen LogP contribution >= 0.6 is 0 Å². The first-order valence-corrected chi connectivity index (χ1v) is 9.58. The number of nitrogens with zero attached hydrogens (tertiary/aromatic N) is 4. The topological polar surface area (TPSA) is 85.0 Å². The number of rotatable bonds is 5. The normalized spacial score (nSPS) is 14.1. The molecule has 1 aliphatic heterocycles. The maximum absolute atomic E-state index is 5.67. The molecule has 0 fully saturated rings. The highest BCUT2D eigenvalue weighted by atomic mass is 16.6. The summed E-state index contributed by atoms with van der Waals surface area (Å²) in [4.78, 5) is 11.2. The van der Waals surface area contributed by atoms with Gasteiger partial charge in [0.25, 0.3) is 0 Å². The molecule has 0 radical (unpaired) electrons. The van der Waals surface area contributed by atoms with E-state index in [1.165, 1.54) is 0 Å². The summed E-state index contributed by atoms with van der Waals surface area (Å²) in [6.07, 6.45) is 0. The van der Waals surface area contributed by atoms with Gasteiger partial charge in [-0.1, -0.05) is 32.0 Å². The molecule has 3 rings (SSSR count). The Bertz CT molecular complexity index is 825. The molecule has 0 spiro atoms. The minimum absolute atomic E-state index is 0.172. The Morgan fingerprint density at radius 2 is 1.96 bits per heavy atom. The van der Waals surface area contributed by atoms with Crippen molar-refractivity contribution in [1.29, 1.82) is 0 Å². The van der Waals surface area contributed by atoms with Crippen LogP contribution in [0.15, 0.2) is 27.7 Å². The Balaban J connectivity index is 1.68. The average molecular weight is 387 g/mol. The molecule has 1 aromatic heterocycles. The predicted octanol–water partition coefficient (Wildman–Crippen LogP) is 2.74. The van der Waals surface area contributed by atoms with Gasteiger partial charge in [-0.05, 0) is 24.6 Å². The molecule has 8 nitrogen and oxygen atoms in total. The van der Waals surface area contributed by atoms with Crippen LogP contribution in [-0.4, -0.2) is 47.8 Å². The van der Waals surface area contributed by atoms with E-state index in [2.05, 4.69) is 25.3 Å². The summed E-state index contributed by atoms with van der Waals surface area (Å²) < 4.78 is 16.6. The Kier molecular flexibility index (Phi) is 6.06. The zero-order valence-corrected chi connectivity index (χ0v) is 17.3. The third-order valence-electron chi connectivity index (χ3n) is 4.20. The van der Waals surface area contributed by atoms with Gasteiger partial charge < -0.3 is 24.2 Å². The van der Waals surface area contributed by atoms with Crippen molar-refractivity contribution in [3.63, 3.8) is 0 Å². The summed E-state index contributed by atoms with van der Waals surface area (Å²) in [6.45, 7) is 11.1. The second-order valence-corrected chi connectivity index (χ2v) is 7.77. The van der Waals surface area contributed by atoms with Crippen molar-refractivity contribution >= 4 is 5.96 Å². The van der Waals surface area contributed by atoms with Crippen LogP contribution < -0.4 is 14.8 Å². The SMILES string of the molecule is CCNC(=NCc1noc(C(C)(C)C)n1)N(C)Cc1ccc2c(c1)OCCO2. The molecule has 2 heterocycles. The van der Waals surface area contributed by atoms with E-state index in [0.29, 0.717) is 38.0 Å². The lowest BCUT2D eigenvalue weighted by Gasteiger charge is -2.23. The van der Waals surface area contributed by atoms with E-state index < -0.39 is 0 Å². The first-order chi connectivity index (χ1) is 13.4. The van der Waals surface area contributed by atoms with Gasteiger partial charge in [0, 0.05) is 25.6 Å². The number of ether oxygens (including phenoxy) is 2. The molecule has 2 aromatic rings. The summed E-state index contributed by atoms with van der Waals surface area (Å²) >= 11 is 0. The minimum atomic E-state index is -0.172. The van der Waals surface area contributed by atoms with E-state index in [1.54, 1.807) is 0 Å². The minimum Gasteiger partial charge on any atom is -0.486 e. The summed E-state index contributed by atoms with van der Waals surface area (Å²) in [7, 11) is 2.00. The highest BCUT2D eigenvalue weighted by molar-refractivity contribution is 5.79. The molecule has 0 saturated carbocycles. The molecule has 1 N–H and O–H groups in total. The Morgan fingerprint density at radius 3 is 2.64 bits per heavy atom. The molecule has 0 amide bonds. The molecular weight excluding hydrogens is 358 g/mol. The third-order valence-corrected chi connectivity index (χ3v) is 4.20. The second kappa shape index (κ2) is 8.50. The van der Waals surface area contributed by atoms with Crippen molar-refractivity contribution in [3.8, 4) is 11.5 Å². The van der Waals surface area contributed by atoms with Gasteiger partial charge in [0.1, 0.15) is 19.8 Å². The molecule has 0 unspecified atom stereocenters. The second-order valence-electron chi connectivity index (χ2n) is 7.77. The monoisotopic (exact) mass is 387 g/mol. The fraction of sp³-hybridized carbons (Fsp3) is 0.550. The van der Waals surface area contributed by atoms with Crippen molar-refractivity contribution in [3.05, 3.63) is 35.5 Å². The lowest BCUT2D eigenvalue weighted by atomic mass is 9.97. The molecular formula is C20H29N5O3. The number of fused-ring (bicyclic) bond motifs is 1. The van der Waals surface area contributed by atoms with E-state index >= 15 is 0 Å². The highest BCUT2D eigenvalue weighted by Gasteiger charge is 2.21. The molecule has 8 heteroatoms. The number of hydrogen-bond donors (Lipinski definition) is 1. The van der Waals surface area contributed by atoms with Crippen LogP contribution in [0, 0.1) is 0 Å². The maximum Gasteiger partial charge on any atom is 0.232 e. The van der Waals surface area contributed by atoms with Crippen molar-refractivity contribution < 1.29 is 14.0 Å². The van der Waals surface area contributed by atoms with Crippen LogP contribution in [0.4, 0.5) is 0 Å². The van der Waals surface area contributed by atoms with Crippen LogP contribution in [0.2, 0.25) is 0 Å². The maximum atomic E-state index is 5.67. The van der Waals surface area contributed by atoms with Gasteiger partial charge in [0.15, 0.2) is 23.3 Å². The first-order valence-electron chi connectivity index (χ1n) is 9.58. The van der Waals surface area contributed by atoms with Gasteiger partial charge in [0.05, 0.1) is 0 Å². The van der Waals surface area contributed by atoms with E-state index in [1.807, 2.05) is 52.9 Å². The van der Waals surface area contributed by atoms with E-state index in [4.69, 9.17) is 14.0 Å². The third kappa shape index (κ3) is 4.94. The Morgan fingerprint density at radius 1 is 1.21 bits per heavy atom. The zero-order chi connectivity index (χ0) is 20.1. The summed E-state index contributed by atoms with van der Waals surface area (Å²) in [5.41, 5.74) is 0.945. The van der Waals surface area contributed by atoms with Crippen LogP contribution in [0.3, 0.4) is 0 Å². The number of hydrogen-bond acceptors (Lipinski definition) is 6. The zero-order valence-electron chi connectivity index (χ0n) is 17.3. The van der Waals surface area contributed by atoms with Gasteiger partial charge in [-0.25, -0.2) is 4.99 Å². The fourth-order valence-electron chi connectivity index (χ4n) is 2.77. The van der Waals surface area contributed by atoms with Crippen molar-refractivity contribution in [2.75, 3.05) is 26.8 Å². The van der Waals surface area contributed by atoms with Gasteiger partial charge >= 0.3 is 0 Å². The van der Waals surface area contributed by atoms with Gasteiger partial charge in [-0.3, -0.25) is 0 Å². The van der Waals surface area contributed by atoms with Crippen LogP contribution in [0.1, 0.15) is 45.0 Å². The Labute approximate surface area is 165 Å². The van der Waals surface area contributed by atoms with Crippen LogP contribution in [0.5, 0.6) is 11.5 Å². The number of guanidine groups is 1. The van der Waals surface area contributed by atoms with Gasteiger partial charge in [-0.2, -0.15) is 4.98 Å². The molecule has 28 heavy (non-hydrogen) atoms. The molecule has 0 saturated heterocycles. The van der Waals surface area contributed by atoms with Crippen LogP contribution in [0.25, 0.3) is 0 Å². The first kappa shape index (κ1) is 20.0. The van der Waals surface area contributed by atoms with E-state index in [9.17, 15) is 0 Å². The molecule has 0 bridgehead atoms. The summed E-state index contributed by atoms with van der Waals surface area (Å²) in [5.74, 6) is 3.56. The quantitative estimate of drug-likeness (QED) is 0.624. The lowest BCUT2D eigenvalue weighted by Crippen LogP contribution is -2.38. The van der Waals surface area contributed by atoms with Crippen LogP contribution in [-0.2, 0) is 18.5 Å². The fourth-order valence-corrected chi connectivity index (χ4v) is 2.77. The smallest absolute Gasteiger partial charge is 0.232 e. The largest absolute Gasteiger partial charge is 0.486 e. The molecule has 0 aliphatic carbocycles. The summed E-state index contributed by atoms with van der Waals surface area (Å²) in [5, 5.41) is 7.34. The number of aliphatic imine (C=N–C) groups is 1. The summed E-state index contributed by atoms with van der Waals surface area (Å²) in [6, 6.07) is 6.01. The van der Waals surface area contributed by atoms with Crippen molar-refractivity contribution in [2.24, 2.45) is 4.99 Å². The standard InChI is InChI=1S/C20H29N5O3/c1-6-21-19(22-12-17-23-18(28-24-17)20(2,3)4)25(5)13-14-7-8-15-16(11-14)27-10-9-26-15/h7-8,11H,6,9-10,12-13H2,1-5H3,(H,21,22). The molecule has 1 aliphatic rings. The van der Waals surface area contributed by atoms with Crippen molar-refractivity contribution in [2.45, 2.75) is 46.2 Å². The molecule has 152 valence electrons. The number of nitrogens with one attached hydrogen (secondary N) is 1. The number of aromatic nitrogens is 2. The van der Waals surface area contributed by atoms with Crippen molar-refractivity contribution in [1.82, 2.24) is 20.4 Å².